The molecule has 102 valence electrons. The van der Waals surface area contributed by atoms with Crippen LogP contribution in [-0.2, 0) is 9.84 Å². The average Bonchev–Trinajstić information content (AvgIpc) is 2.78. The van der Waals surface area contributed by atoms with Crippen LogP contribution >= 0.6 is 0 Å². The number of nitrogens with zero attached hydrogens (tertiary/aromatic N) is 4. The maximum Gasteiger partial charge on any atom is 0.175 e. The summed E-state index contributed by atoms with van der Waals surface area (Å²) in [6.45, 7) is 1.81. The van der Waals surface area contributed by atoms with Gasteiger partial charge in [-0.15, -0.1) is 5.10 Å². The van der Waals surface area contributed by atoms with E-state index in [0.29, 0.717) is 17.3 Å². The van der Waals surface area contributed by atoms with E-state index in [4.69, 9.17) is 0 Å². The molecule has 0 saturated carbocycles. The molecule has 7 heteroatoms. The van der Waals surface area contributed by atoms with Gasteiger partial charge in [0.05, 0.1) is 4.90 Å². The molecule has 0 fully saturated rings. The molecule has 0 atom stereocenters. The van der Waals surface area contributed by atoms with Gasteiger partial charge in [-0.2, -0.15) is 4.52 Å². The molecule has 0 saturated heterocycles. The van der Waals surface area contributed by atoms with E-state index in [9.17, 15) is 8.42 Å². The average molecular weight is 288 g/mol. The molecule has 1 aromatic carbocycles. The van der Waals surface area contributed by atoms with Gasteiger partial charge in [-0.3, -0.25) is 0 Å². The van der Waals surface area contributed by atoms with Crippen molar-refractivity contribution in [3.8, 4) is 11.4 Å². The second-order valence-electron chi connectivity index (χ2n) is 4.49. The van der Waals surface area contributed by atoms with Crippen LogP contribution in [0, 0.1) is 6.92 Å². The lowest BCUT2D eigenvalue weighted by Gasteiger charge is -2.04. The first-order chi connectivity index (χ1) is 9.45. The fourth-order valence-corrected chi connectivity index (χ4v) is 2.60. The molecule has 0 spiro atoms. The Morgan fingerprint density at radius 3 is 2.45 bits per heavy atom. The van der Waals surface area contributed by atoms with Crippen LogP contribution in [-0.4, -0.2) is 34.3 Å². The topological polar surface area (TPSA) is 77.2 Å². The third-order valence-electron chi connectivity index (χ3n) is 2.90. The maximum absolute atomic E-state index is 11.5. The highest BCUT2D eigenvalue weighted by molar-refractivity contribution is 7.90. The first-order valence-electron chi connectivity index (χ1n) is 5.94. The van der Waals surface area contributed by atoms with Gasteiger partial charge >= 0.3 is 0 Å². The summed E-state index contributed by atoms with van der Waals surface area (Å²) < 4.78 is 24.6. The highest BCUT2D eigenvalue weighted by Crippen LogP contribution is 2.19. The molecule has 2 aromatic heterocycles. The predicted molar refractivity (Wildman–Crippen MR) is 74.1 cm³/mol. The van der Waals surface area contributed by atoms with Crippen molar-refractivity contribution < 1.29 is 8.42 Å². The predicted octanol–water partition coefficient (Wildman–Crippen LogP) is 1.50. The van der Waals surface area contributed by atoms with Crippen molar-refractivity contribution in [1.29, 1.82) is 0 Å². The second-order valence-corrected chi connectivity index (χ2v) is 6.51. The van der Waals surface area contributed by atoms with Crippen LogP contribution in [0.2, 0.25) is 0 Å². The molecule has 0 radical (unpaired) electrons. The highest BCUT2D eigenvalue weighted by Gasteiger charge is 2.10. The largest absolute Gasteiger partial charge is 0.236 e. The number of hydrogen-bond acceptors (Lipinski definition) is 5. The number of aryl methyl sites for hydroxylation is 1. The van der Waals surface area contributed by atoms with Gasteiger partial charge in [0.25, 0.3) is 0 Å². The van der Waals surface area contributed by atoms with Gasteiger partial charge in [0.1, 0.15) is 5.82 Å². The summed E-state index contributed by atoms with van der Waals surface area (Å²) in [5, 5.41) is 4.29. The molecule has 20 heavy (non-hydrogen) atoms. The van der Waals surface area contributed by atoms with Gasteiger partial charge in [0.15, 0.2) is 21.3 Å². The van der Waals surface area contributed by atoms with E-state index in [1.807, 2.05) is 6.92 Å². The van der Waals surface area contributed by atoms with Crippen LogP contribution in [0.3, 0.4) is 0 Å². The zero-order valence-electron chi connectivity index (χ0n) is 11.0. The zero-order chi connectivity index (χ0) is 14.3. The molecule has 0 bridgehead atoms. The number of hydrogen-bond donors (Lipinski definition) is 0. The fraction of sp³-hybridized carbons (Fsp3) is 0.154. The minimum Gasteiger partial charge on any atom is -0.236 e. The van der Waals surface area contributed by atoms with Gasteiger partial charge in [-0.05, 0) is 31.2 Å². The Hall–Kier alpha value is -2.28. The number of rotatable bonds is 2. The standard InChI is InChI=1S/C13H12N4O2S/c1-9-15-12-7-8-14-13(17(12)16-9)10-3-5-11(6-4-10)20(2,18)19/h3-8H,1-2H3. The summed E-state index contributed by atoms with van der Waals surface area (Å²) >= 11 is 0. The minimum atomic E-state index is -3.20. The normalized spacial score (nSPS) is 11.9. The van der Waals surface area contributed by atoms with Crippen LogP contribution in [0.1, 0.15) is 5.82 Å². The SMILES string of the molecule is Cc1nc2ccnc(-c3ccc(S(C)(=O)=O)cc3)n2n1. The van der Waals surface area contributed by atoms with E-state index >= 15 is 0 Å². The molecular formula is C13H12N4O2S. The van der Waals surface area contributed by atoms with Gasteiger partial charge in [0.2, 0.25) is 0 Å². The van der Waals surface area contributed by atoms with Crippen molar-refractivity contribution in [2.24, 2.45) is 0 Å². The number of sulfone groups is 1. The summed E-state index contributed by atoms with van der Waals surface area (Å²) in [5.74, 6) is 1.29. The Morgan fingerprint density at radius 2 is 1.80 bits per heavy atom. The third kappa shape index (κ3) is 2.16. The fourth-order valence-electron chi connectivity index (χ4n) is 1.97. The van der Waals surface area contributed by atoms with E-state index in [1.165, 1.54) is 6.26 Å². The molecule has 0 N–H and O–H groups in total. The lowest BCUT2D eigenvalue weighted by Crippen LogP contribution is -1.99. The van der Waals surface area contributed by atoms with Crippen LogP contribution in [0.5, 0.6) is 0 Å². The van der Waals surface area contributed by atoms with Crippen molar-refractivity contribution in [3.63, 3.8) is 0 Å². The molecular weight excluding hydrogens is 276 g/mol. The van der Waals surface area contributed by atoms with Crippen molar-refractivity contribution in [2.45, 2.75) is 11.8 Å². The molecule has 0 aliphatic rings. The Bertz CT molecular complexity index is 882. The molecule has 2 heterocycles. The molecule has 3 rings (SSSR count). The number of fused-ring (bicyclic) bond motifs is 1. The molecule has 0 aliphatic heterocycles. The monoisotopic (exact) mass is 288 g/mol. The van der Waals surface area contributed by atoms with Crippen LogP contribution in [0.25, 0.3) is 17.0 Å². The van der Waals surface area contributed by atoms with Crippen molar-refractivity contribution in [2.75, 3.05) is 6.26 Å². The molecule has 0 aliphatic carbocycles. The zero-order valence-corrected chi connectivity index (χ0v) is 11.8. The van der Waals surface area contributed by atoms with Crippen LogP contribution < -0.4 is 0 Å². The summed E-state index contributed by atoms with van der Waals surface area (Å²) in [6, 6.07) is 8.34. The Morgan fingerprint density at radius 1 is 1.10 bits per heavy atom. The Labute approximate surface area is 116 Å². The van der Waals surface area contributed by atoms with E-state index in [0.717, 1.165) is 5.56 Å². The molecule has 0 unspecified atom stereocenters. The lowest BCUT2D eigenvalue weighted by atomic mass is 10.2. The quantitative estimate of drug-likeness (QED) is 0.714. The Kier molecular flexibility index (Phi) is 2.79. The van der Waals surface area contributed by atoms with E-state index < -0.39 is 9.84 Å². The molecule has 3 aromatic rings. The minimum absolute atomic E-state index is 0.281. The van der Waals surface area contributed by atoms with E-state index in [1.54, 1.807) is 41.0 Å². The molecule has 0 amide bonds. The van der Waals surface area contributed by atoms with E-state index in [2.05, 4.69) is 15.1 Å². The van der Waals surface area contributed by atoms with Crippen LogP contribution in [0.15, 0.2) is 41.4 Å². The third-order valence-corrected chi connectivity index (χ3v) is 4.03. The first kappa shape index (κ1) is 12.7. The highest BCUT2D eigenvalue weighted by atomic mass is 32.2. The van der Waals surface area contributed by atoms with Crippen LogP contribution in [0.4, 0.5) is 0 Å². The van der Waals surface area contributed by atoms with Crippen molar-refractivity contribution in [1.82, 2.24) is 19.6 Å². The van der Waals surface area contributed by atoms with Crippen molar-refractivity contribution in [3.05, 3.63) is 42.4 Å². The van der Waals surface area contributed by atoms with Gasteiger partial charge in [0, 0.05) is 24.1 Å². The van der Waals surface area contributed by atoms with Crippen molar-refractivity contribution >= 4 is 15.5 Å². The number of aromatic nitrogens is 4. The summed E-state index contributed by atoms with van der Waals surface area (Å²) in [4.78, 5) is 8.85. The number of benzene rings is 1. The lowest BCUT2D eigenvalue weighted by molar-refractivity contribution is 0.602. The summed E-state index contributed by atoms with van der Waals surface area (Å²) in [7, 11) is -3.20. The van der Waals surface area contributed by atoms with E-state index in [-0.39, 0.29) is 4.90 Å². The molecule has 6 nitrogen and oxygen atoms in total. The second kappa shape index (κ2) is 4.38. The smallest absolute Gasteiger partial charge is 0.175 e. The summed E-state index contributed by atoms with van der Waals surface area (Å²) in [5.41, 5.74) is 1.49. The Balaban J connectivity index is 2.16. The maximum atomic E-state index is 11.5. The van der Waals surface area contributed by atoms with Gasteiger partial charge in [-0.1, -0.05) is 0 Å². The summed E-state index contributed by atoms with van der Waals surface area (Å²) in [6.07, 6.45) is 2.84. The first-order valence-corrected chi connectivity index (χ1v) is 7.83. The van der Waals surface area contributed by atoms with Gasteiger partial charge in [-0.25, -0.2) is 18.4 Å². The van der Waals surface area contributed by atoms with Gasteiger partial charge < -0.3 is 0 Å².